The summed E-state index contributed by atoms with van der Waals surface area (Å²) >= 11 is 0. The van der Waals surface area contributed by atoms with E-state index in [2.05, 4.69) is 0 Å². The largest absolute Gasteiger partial charge is 0.494 e. The maximum absolute atomic E-state index is 8.49. The third-order valence-electron chi connectivity index (χ3n) is 4.26. The normalized spacial score (nSPS) is 48.4. The third kappa shape index (κ3) is 2.91. The van der Waals surface area contributed by atoms with Gasteiger partial charge in [-0.05, 0) is 63.9 Å². The molecule has 120 valence electrons. The van der Waals surface area contributed by atoms with E-state index in [9.17, 15) is 0 Å². The molecule has 3 rings (SSSR count). The van der Waals surface area contributed by atoms with E-state index in [1.807, 2.05) is 27.7 Å². The highest BCUT2D eigenvalue weighted by Gasteiger charge is 2.51. The number of anilines is 1. The van der Waals surface area contributed by atoms with Crippen molar-refractivity contribution in [2.75, 3.05) is 17.9 Å². The van der Waals surface area contributed by atoms with Gasteiger partial charge in [0.25, 0.3) is 0 Å². The number of rotatable bonds is 2. The Balaban J connectivity index is 2.13. The molecule has 1 unspecified atom stereocenters. The van der Waals surface area contributed by atoms with Gasteiger partial charge in [-0.1, -0.05) is 19.0 Å². The summed E-state index contributed by atoms with van der Waals surface area (Å²) in [4.78, 5) is 0.217. The van der Waals surface area contributed by atoms with Gasteiger partial charge in [-0.15, -0.1) is 0 Å². The second kappa shape index (κ2) is 5.57. The lowest BCUT2D eigenvalue weighted by molar-refractivity contribution is 0.00578. The van der Waals surface area contributed by atoms with Crippen molar-refractivity contribution < 1.29 is 25.8 Å². The Labute approximate surface area is 152 Å². The zero-order chi connectivity index (χ0) is 26.6. The quantitative estimate of drug-likeness (QED) is 0.783. The Morgan fingerprint density at radius 3 is 2.45 bits per heavy atom. The molecule has 0 saturated carbocycles. The maximum atomic E-state index is 8.49. The topological polar surface area (TPSA) is 21.7 Å². The molecule has 2 heterocycles. The zero-order valence-corrected chi connectivity index (χ0v) is 13.2. The predicted molar refractivity (Wildman–Crippen MR) is 92.8 cm³/mol. The standard InChI is InChI=1S/C18H28BNO2/c1-14-7-6-12-20(13-14)16-10-8-15(9-11-16)19-21-17(2,3)18(4,5)22-19/h8-11,14H,6-7,12-13H2,1-5H3/i1D3,6D2,7D2,12D2,13D2,14D. The number of hydrogen-bond acceptors (Lipinski definition) is 3. The molecule has 1 aromatic carbocycles. The molecule has 0 spiro atoms. The molecule has 0 N–H and O–H groups in total. The summed E-state index contributed by atoms with van der Waals surface area (Å²) in [6.07, 6.45) is -7.30. The highest BCUT2D eigenvalue weighted by molar-refractivity contribution is 6.62. The Bertz CT molecular complexity index is 947. The van der Waals surface area contributed by atoms with E-state index in [0.717, 1.165) is 0 Å². The lowest BCUT2D eigenvalue weighted by Gasteiger charge is -2.32. The van der Waals surface area contributed by atoms with Crippen LogP contribution in [0.5, 0.6) is 0 Å². The predicted octanol–water partition coefficient (Wildman–Crippen LogP) is 3.22. The van der Waals surface area contributed by atoms with Crippen LogP contribution in [0.3, 0.4) is 0 Å². The van der Waals surface area contributed by atoms with Gasteiger partial charge in [-0.2, -0.15) is 0 Å². The van der Waals surface area contributed by atoms with Gasteiger partial charge in [0, 0.05) is 35.1 Å². The van der Waals surface area contributed by atoms with E-state index in [4.69, 9.17) is 25.8 Å². The molecule has 4 heteroatoms. The number of hydrogen-bond donors (Lipinski definition) is 0. The smallest absolute Gasteiger partial charge is 0.399 e. The summed E-state index contributed by atoms with van der Waals surface area (Å²) in [7, 11) is -0.785. The Morgan fingerprint density at radius 1 is 1.23 bits per heavy atom. The fourth-order valence-electron chi connectivity index (χ4n) is 2.20. The summed E-state index contributed by atoms with van der Waals surface area (Å²) in [5, 5.41) is 0. The number of benzene rings is 1. The highest BCUT2D eigenvalue weighted by Crippen LogP contribution is 2.36. The fourth-order valence-corrected chi connectivity index (χ4v) is 2.20. The molecular weight excluding hydrogens is 273 g/mol. The van der Waals surface area contributed by atoms with Crippen molar-refractivity contribution in [1.82, 2.24) is 0 Å². The van der Waals surface area contributed by atoms with E-state index < -0.39 is 56.8 Å². The van der Waals surface area contributed by atoms with Gasteiger partial charge in [-0.25, -0.2) is 0 Å². The van der Waals surface area contributed by atoms with Crippen molar-refractivity contribution in [2.24, 2.45) is 5.89 Å². The van der Waals surface area contributed by atoms with E-state index in [-0.39, 0.29) is 10.6 Å². The molecule has 0 bridgehead atoms. The first kappa shape index (κ1) is 6.86. The minimum absolute atomic E-state index is 0.217. The van der Waals surface area contributed by atoms with E-state index in [1.165, 1.54) is 24.3 Å². The van der Waals surface area contributed by atoms with Gasteiger partial charge in [-0.3, -0.25) is 0 Å². The van der Waals surface area contributed by atoms with Crippen LogP contribution >= 0.6 is 0 Å². The summed E-state index contributed by atoms with van der Waals surface area (Å²) in [6, 6.07) is 5.38. The molecule has 2 saturated heterocycles. The fraction of sp³-hybridized carbons (Fsp3) is 0.667. The van der Waals surface area contributed by atoms with E-state index >= 15 is 0 Å². The van der Waals surface area contributed by atoms with Crippen LogP contribution in [-0.2, 0) is 9.31 Å². The molecule has 1 atom stereocenters. The van der Waals surface area contributed by atoms with E-state index in [0.29, 0.717) is 5.46 Å². The van der Waals surface area contributed by atoms with Crippen LogP contribution < -0.4 is 10.4 Å². The summed E-state index contributed by atoms with van der Waals surface area (Å²) in [5.41, 5.74) is -1.03. The average Bonchev–Trinajstić information content (AvgIpc) is 2.86. The van der Waals surface area contributed by atoms with Crippen LogP contribution in [-0.4, -0.2) is 31.3 Å². The SMILES string of the molecule is [2H]C([2H])([2H])C1([2H])C([2H])([2H])N(c2ccc(B3OC(C)(C)C(C)(C)O3)cc2)C([2H])([2H])C([2H])([2H])C1([2H])[2H]. The highest BCUT2D eigenvalue weighted by atomic mass is 16.7. The van der Waals surface area contributed by atoms with Crippen LogP contribution in [0, 0.1) is 5.89 Å². The molecular formula is C18H28BNO2. The van der Waals surface area contributed by atoms with Crippen molar-refractivity contribution in [3.8, 4) is 0 Å². The lowest BCUT2D eigenvalue weighted by atomic mass is 9.79. The van der Waals surface area contributed by atoms with Crippen LogP contribution in [0.4, 0.5) is 5.69 Å². The van der Waals surface area contributed by atoms with Crippen molar-refractivity contribution >= 4 is 18.3 Å². The molecule has 2 aliphatic rings. The van der Waals surface area contributed by atoms with Gasteiger partial charge >= 0.3 is 7.12 Å². The lowest BCUT2D eigenvalue weighted by Crippen LogP contribution is -2.41. The molecule has 2 aliphatic heterocycles. The van der Waals surface area contributed by atoms with Gasteiger partial charge in [0.2, 0.25) is 0 Å². The Kier molecular flexibility index (Phi) is 1.74. The maximum Gasteiger partial charge on any atom is 0.494 e. The summed E-state index contributed by atoms with van der Waals surface area (Å²) in [6.45, 7) is -3.05. The van der Waals surface area contributed by atoms with Crippen molar-refractivity contribution in [3.63, 3.8) is 0 Å². The molecule has 22 heavy (non-hydrogen) atoms. The number of nitrogens with zero attached hydrogens (tertiary/aromatic N) is 1. The molecule has 2 fully saturated rings. The summed E-state index contributed by atoms with van der Waals surface area (Å²) < 4.78 is 110. The molecule has 1 aromatic rings. The van der Waals surface area contributed by atoms with Gasteiger partial charge in [0.1, 0.15) is 0 Å². The third-order valence-corrected chi connectivity index (χ3v) is 4.26. The van der Waals surface area contributed by atoms with Crippen LogP contribution in [0.25, 0.3) is 0 Å². The Hall–Kier alpha value is -0.995. The minimum Gasteiger partial charge on any atom is -0.399 e. The monoisotopic (exact) mass is 313 g/mol. The average molecular weight is 313 g/mol. The van der Waals surface area contributed by atoms with Gasteiger partial charge in [0.05, 0.1) is 11.2 Å². The van der Waals surface area contributed by atoms with Crippen molar-refractivity contribution in [1.29, 1.82) is 0 Å². The van der Waals surface area contributed by atoms with Crippen LogP contribution in [0.1, 0.15) is 63.7 Å². The summed E-state index contributed by atoms with van der Waals surface area (Å²) in [5.74, 6) is -3.67. The first-order valence-corrected chi connectivity index (χ1v) is 7.16. The van der Waals surface area contributed by atoms with Gasteiger partial charge in [0.15, 0.2) is 0 Å². The molecule has 0 aromatic heterocycles. The number of piperidine rings is 1. The van der Waals surface area contributed by atoms with Crippen molar-refractivity contribution in [3.05, 3.63) is 24.3 Å². The minimum atomic E-state index is -3.72. The Morgan fingerprint density at radius 2 is 1.86 bits per heavy atom. The second-order valence-corrected chi connectivity index (χ2v) is 6.36. The first-order valence-electron chi connectivity index (χ1n) is 13.2. The molecule has 3 nitrogen and oxygen atoms in total. The van der Waals surface area contributed by atoms with Crippen LogP contribution in [0.15, 0.2) is 24.3 Å². The molecule has 0 amide bonds. The van der Waals surface area contributed by atoms with E-state index in [1.54, 1.807) is 0 Å². The van der Waals surface area contributed by atoms with Gasteiger partial charge < -0.3 is 14.2 Å². The second-order valence-electron chi connectivity index (χ2n) is 6.36. The van der Waals surface area contributed by atoms with Crippen LogP contribution in [0.2, 0.25) is 0 Å². The molecule has 0 radical (unpaired) electrons. The van der Waals surface area contributed by atoms with Crippen molar-refractivity contribution in [2.45, 2.75) is 58.5 Å². The molecule has 0 aliphatic carbocycles. The first-order chi connectivity index (χ1) is 14.9. The zero-order valence-electron chi connectivity index (χ0n) is 25.2.